The summed E-state index contributed by atoms with van der Waals surface area (Å²) >= 11 is 0. The predicted octanol–water partition coefficient (Wildman–Crippen LogP) is 4.87. The van der Waals surface area contributed by atoms with Gasteiger partial charge in [-0.25, -0.2) is 4.79 Å². The van der Waals surface area contributed by atoms with Crippen LogP contribution in [0.4, 0.5) is 0 Å². The van der Waals surface area contributed by atoms with E-state index < -0.39 is 17.8 Å². The minimum absolute atomic E-state index is 0.0382. The van der Waals surface area contributed by atoms with Crippen LogP contribution in [-0.2, 0) is 19.1 Å². The van der Waals surface area contributed by atoms with Crippen LogP contribution in [-0.4, -0.2) is 58.6 Å². The number of hydrogen-bond acceptors (Lipinski definition) is 8. The number of nitrogens with zero attached hydrogens (tertiary/aromatic N) is 1. The fraction of sp³-hybridized carbons (Fsp3) is 0.433. The summed E-state index contributed by atoms with van der Waals surface area (Å²) in [5.74, 6) is 0.360. The minimum Gasteiger partial charge on any atom is -0.494 e. The molecule has 2 aliphatic rings. The van der Waals surface area contributed by atoms with Gasteiger partial charge in [-0.1, -0.05) is 18.2 Å². The van der Waals surface area contributed by atoms with Crippen molar-refractivity contribution in [3.05, 3.63) is 64.9 Å². The van der Waals surface area contributed by atoms with Gasteiger partial charge in [-0.3, -0.25) is 9.79 Å². The first-order valence-electron chi connectivity index (χ1n) is 12.8. The molecule has 1 fully saturated rings. The second-order valence-corrected chi connectivity index (χ2v) is 9.38. The molecule has 0 bridgehead atoms. The molecule has 0 amide bonds. The molecule has 1 aliphatic carbocycles. The number of allylic oxidation sites excluding steroid dienone is 1. The molecule has 1 unspecified atom stereocenters. The summed E-state index contributed by atoms with van der Waals surface area (Å²) in [6.45, 7) is 4.64. The van der Waals surface area contributed by atoms with Crippen molar-refractivity contribution in [2.45, 2.75) is 38.5 Å². The summed E-state index contributed by atoms with van der Waals surface area (Å²) in [6, 6.07) is 13.3. The Morgan fingerprint density at radius 1 is 0.947 bits per heavy atom. The molecule has 4 rings (SSSR count). The topological polar surface area (TPSA) is 92.7 Å². The van der Waals surface area contributed by atoms with Gasteiger partial charge in [0.25, 0.3) is 0 Å². The number of carbonyl (C=O) groups is 2. The summed E-state index contributed by atoms with van der Waals surface area (Å²) in [7, 11) is 4.74. The monoisotopic (exact) mass is 521 g/mol. The van der Waals surface area contributed by atoms with Gasteiger partial charge in [0.05, 0.1) is 38.9 Å². The Balaban J connectivity index is 1.74. The quantitative estimate of drug-likeness (QED) is 0.325. The molecule has 2 aromatic rings. The van der Waals surface area contributed by atoms with E-state index in [1.165, 1.54) is 0 Å². The second kappa shape index (κ2) is 12.3. The number of esters is 1. The molecule has 2 aromatic carbocycles. The van der Waals surface area contributed by atoms with E-state index >= 15 is 0 Å². The van der Waals surface area contributed by atoms with E-state index in [4.69, 9.17) is 28.7 Å². The van der Waals surface area contributed by atoms with Crippen LogP contribution in [0.1, 0.15) is 49.7 Å². The summed E-state index contributed by atoms with van der Waals surface area (Å²) < 4.78 is 27.1. The molecule has 0 radical (unpaired) electrons. The number of ether oxygens (including phenoxy) is 5. The molecule has 8 nitrogen and oxygen atoms in total. The van der Waals surface area contributed by atoms with Crippen molar-refractivity contribution >= 4 is 17.5 Å². The summed E-state index contributed by atoms with van der Waals surface area (Å²) in [4.78, 5) is 32.0. The lowest BCUT2D eigenvalue weighted by atomic mass is 9.66. The Labute approximate surface area is 223 Å². The standard InChI is InChI=1S/C30H35NO7/c1-6-37-22-9-7-8-20(14-22)28-27(30(33)38-13-12-34-3)18(2)31-23-15-21(16-24(32)29(23)28)19-10-11-25(35-4)26(17-19)36-5/h7-11,14,17,21,28-29H,6,12-13,15-16H2,1-5H3/t21-,28-,29?/m1/s1. The average Bonchev–Trinajstić information content (AvgIpc) is 2.92. The Kier molecular flexibility index (Phi) is 8.84. The normalized spacial score (nSPS) is 20.9. The van der Waals surface area contributed by atoms with Crippen LogP contribution in [0.5, 0.6) is 17.2 Å². The van der Waals surface area contributed by atoms with Crippen LogP contribution in [0.3, 0.4) is 0 Å². The average molecular weight is 522 g/mol. The maximum absolute atomic E-state index is 13.9. The molecule has 3 atom stereocenters. The van der Waals surface area contributed by atoms with Crippen molar-refractivity contribution in [1.82, 2.24) is 0 Å². The number of aliphatic imine (C=N–C) groups is 1. The molecular weight excluding hydrogens is 486 g/mol. The molecule has 0 saturated heterocycles. The number of Topliss-reactive ketones (excluding diaryl/α,β-unsaturated/α-hetero) is 1. The zero-order chi connectivity index (χ0) is 27.2. The van der Waals surface area contributed by atoms with E-state index in [2.05, 4.69) is 0 Å². The maximum atomic E-state index is 13.9. The van der Waals surface area contributed by atoms with E-state index in [1.807, 2.05) is 49.4 Å². The molecule has 38 heavy (non-hydrogen) atoms. The van der Waals surface area contributed by atoms with Crippen LogP contribution in [0.2, 0.25) is 0 Å². The highest BCUT2D eigenvalue weighted by Crippen LogP contribution is 2.47. The van der Waals surface area contributed by atoms with Gasteiger partial charge in [-0.05, 0) is 61.6 Å². The molecule has 0 N–H and O–H groups in total. The molecule has 0 aromatic heterocycles. The largest absolute Gasteiger partial charge is 0.494 e. The smallest absolute Gasteiger partial charge is 0.336 e. The lowest BCUT2D eigenvalue weighted by molar-refractivity contribution is -0.140. The maximum Gasteiger partial charge on any atom is 0.336 e. The zero-order valence-electron chi connectivity index (χ0n) is 22.6. The second-order valence-electron chi connectivity index (χ2n) is 9.38. The fourth-order valence-corrected chi connectivity index (χ4v) is 5.40. The van der Waals surface area contributed by atoms with Gasteiger partial charge in [0.2, 0.25) is 0 Å². The third-order valence-corrected chi connectivity index (χ3v) is 7.10. The third-order valence-electron chi connectivity index (χ3n) is 7.10. The van der Waals surface area contributed by atoms with Gasteiger partial charge in [0.15, 0.2) is 11.5 Å². The molecule has 1 aliphatic heterocycles. The number of methoxy groups -OCH3 is 3. The number of fused-ring (bicyclic) bond motifs is 1. The fourth-order valence-electron chi connectivity index (χ4n) is 5.40. The van der Waals surface area contributed by atoms with E-state index in [0.29, 0.717) is 48.0 Å². The summed E-state index contributed by atoms with van der Waals surface area (Å²) in [6.07, 6.45) is 0.919. The molecule has 202 valence electrons. The Bertz CT molecular complexity index is 1250. The van der Waals surface area contributed by atoms with Crippen molar-refractivity contribution in [3.8, 4) is 17.2 Å². The molecular formula is C30H35NO7. The van der Waals surface area contributed by atoms with E-state index in [9.17, 15) is 9.59 Å². The number of benzene rings is 2. The Hall–Kier alpha value is -3.65. The van der Waals surface area contributed by atoms with Gasteiger partial charge < -0.3 is 23.7 Å². The SMILES string of the molecule is CCOc1cccc([C@@H]2C(C(=O)OCCOC)=C(C)N=C3C[C@@H](c4ccc(OC)c(OC)c4)CC(=O)C32)c1. The first-order chi connectivity index (χ1) is 18.4. The van der Waals surface area contributed by atoms with Crippen molar-refractivity contribution in [2.24, 2.45) is 10.9 Å². The van der Waals surface area contributed by atoms with Crippen molar-refractivity contribution in [1.29, 1.82) is 0 Å². The summed E-state index contributed by atoms with van der Waals surface area (Å²) in [5.41, 5.74) is 3.55. The minimum atomic E-state index is -0.558. The molecule has 1 heterocycles. The Morgan fingerprint density at radius 2 is 1.74 bits per heavy atom. The van der Waals surface area contributed by atoms with Crippen LogP contribution >= 0.6 is 0 Å². The lowest BCUT2D eigenvalue weighted by Gasteiger charge is -2.38. The summed E-state index contributed by atoms with van der Waals surface area (Å²) in [5, 5.41) is 0. The zero-order valence-corrected chi connectivity index (χ0v) is 22.6. The van der Waals surface area contributed by atoms with Crippen molar-refractivity contribution in [3.63, 3.8) is 0 Å². The van der Waals surface area contributed by atoms with E-state index in [0.717, 1.165) is 16.8 Å². The number of hydrogen-bond donors (Lipinski definition) is 0. The highest BCUT2D eigenvalue weighted by molar-refractivity contribution is 6.12. The van der Waals surface area contributed by atoms with Crippen molar-refractivity contribution < 1.29 is 33.3 Å². The number of carbonyl (C=O) groups excluding carboxylic acids is 2. The third kappa shape index (κ3) is 5.60. The van der Waals surface area contributed by atoms with Crippen LogP contribution in [0, 0.1) is 5.92 Å². The van der Waals surface area contributed by atoms with E-state index in [-0.39, 0.29) is 24.9 Å². The van der Waals surface area contributed by atoms with Gasteiger partial charge in [-0.2, -0.15) is 0 Å². The molecule has 0 spiro atoms. The van der Waals surface area contributed by atoms with Crippen LogP contribution in [0.15, 0.2) is 58.7 Å². The lowest BCUT2D eigenvalue weighted by Crippen LogP contribution is -2.41. The number of rotatable bonds is 10. The first kappa shape index (κ1) is 27.4. The van der Waals surface area contributed by atoms with Gasteiger partial charge in [0.1, 0.15) is 18.1 Å². The van der Waals surface area contributed by atoms with E-state index in [1.54, 1.807) is 28.3 Å². The Morgan fingerprint density at radius 3 is 2.45 bits per heavy atom. The number of ketones is 1. The van der Waals surface area contributed by atoms with Gasteiger partial charge >= 0.3 is 5.97 Å². The highest BCUT2D eigenvalue weighted by Gasteiger charge is 2.46. The molecule has 1 saturated carbocycles. The van der Waals surface area contributed by atoms with Gasteiger partial charge in [-0.15, -0.1) is 0 Å². The molecule has 8 heteroatoms. The highest BCUT2D eigenvalue weighted by atomic mass is 16.6. The van der Waals surface area contributed by atoms with Crippen LogP contribution < -0.4 is 14.2 Å². The van der Waals surface area contributed by atoms with Crippen molar-refractivity contribution in [2.75, 3.05) is 41.2 Å². The first-order valence-corrected chi connectivity index (χ1v) is 12.8. The van der Waals surface area contributed by atoms with Crippen LogP contribution in [0.25, 0.3) is 0 Å². The van der Waals surface area contributed by atoms with Gasteiger partial charge in [0, 0.05) is 30.9 Å². The predicted molar refractivity (Wildman–Crippen MR) is 143 cm³/mol.